The molecule has 168 valence electrons. The number of benzene rings is 2. The molecule has 0 saturated carbocycles. The van der Waals surface area contributed by atoms with Gasteiger partial charge in [-0.25, -0.2) is 13.2 Å². The van der Waals surface area contributed by atoms with E-state index in [4.69, 9.17) is 21.4 Å². The van der Waals surface area contributed by atoms with Crippen LogP contribution in [0.4, 0.5) is 18.9 Å². The minimum atomic E-state index is -1.73. The van der Waals surface area contributed by atoms with E-state index in [1.54, 1.807) is 0 Å². The number of aliphatic hydroxyl groups is 2. The van der Waals surface area contributed by atoms with Crippen molar-refractivity contribution in [1.29, 1.82) is 0 Å². The minimum Gasteiger partial charge on any atom is -0.490 e. The van der Waals surface area contributed by atoms with Crippen molar-refractivity contribution in [1.82, 2.24) is 0 Å². The number of carboxylic acid groups (broad SMARTS) is 1. The average Bonchev–Trinajstić information content (AvgIpc) is 2.68. The molecule has 1 heterocycles. The first kappa shape index (κ1) is 23.2. The van der Waals surface area contributed by atoms with Crippen LogP contribution in [0.25, 0.3) is 0 Å². The summed E-state index contributed by atoms with van der Waals surface area (Å²) in [6.07, 6.45) is -1.69. The number of piperidine rings is 1. The predicted octanol–water partition coefficient (Wildman–Crippen LogP) is 3.16. The van der Waals surface area contributed by atoms with Crippen molar-refractivity contribution in [2.75, 3.05) is 24.6 Å². The third-order valence-corrected chi connectivity index (χ3v) is 5.45. The van der Waals surface area contributed by atoms with Gasteiger partial charge in [-0.3, -0.25) is 4.79 Å². The monoisotopic (exact) mass is 459 g/mol. The molecule has 1 aliphatic heterocycles. The summed E-state index contributed by atoms with van der Waals surface area (Å²) in [4.78, 5) is 12.1. The summed E-state index contributed by atoms with van der Waals surface area (Å²) in [5.41, 5.74) is -1.77. The predicted molar refractivity (Wildman–Crippen MR) is 107 cm³/mol. The number of hydrogen-bond donors (Lipinski definition) is 3. The van der Waals surface area contributed by atoms with E-state index in [1.807, 2.05) is 0 Å². The van der Waals surface area contributed by atoms with Gasteiger partial charge in [0.2, 0.25) is 0 Å². The second-order valence-corrected chi connectivity index (χ2v) is 7.90. The van der Waals surface area contributed by atoms with Gasteiger partial charge in [-0.15, -0.1) is 0 Å². The molecular formula is C21H21ClF3NO5. The summed E-state index contributed by atoms with van der Waals surface area (Å²) in [6, 6.07) is 5.52. The highest BCUT2D eigenvalue weighted by Gasteiger charge is 2.42. The number of β-amino-alcohol motifs (C(OH)–C–C–N with tert-alkyl or cyclic N) is 1. The fourth-order valence-electron chi connectivity index (χ4n) is 3.50. The maximum atomic E-state index is 14.2. The maximum Gasteiger partial charge on any atom is 0.303 e. The van der Waals surface area contributed by atoms with Crippen LogP contribution >= 0.6 is 11.6 Å². The fourth-order valence-corrected chi connectivity index (χ4v) is 3.69. The van der Waals surface area contributed by atoms with Crippen molar-refractivity contribution in [3.63, 3.8) is 0 Å². The lowest BCUT2D eigenvalue weighted by Gasteiger charge is -2.42. The SMILES string of the molecule is O=C(O)CCc1cc(F)ccc1OC[C@]1(O)CCN(c2c(F)cc(Cl)cc2F)C[C@H]1O. The molecule has 0 unspecified atom stereocenters. The highest BCUT2D eigenvalue weighted by atomic mass is 35.5. The zero-order chi connectivity index (χ0) is 22.8. The number of carboxylic acids is 1. The zero-order valence-corrected chi connectivity index (χ0v) is 17.1. The average molecular weight is 460 g/mol. The van der Waals surface area contributed by atoms with Crippen LogP contribution < -0.4 is 9.64 Å². The Morgan fingerprint density at radius 1 is 1.23 bits per heavy atom. The number of halogens is 4. The van der Waals surface area contributed by atoms with Gasteiger partial charge >= 0.3 is 5.97 Å². The quantitative estimate of drug-likeness (QED) is 0.589. The molecule has 3 N–H and O–H groups in total. The molecule has 6 nitrogen and oxygen atoms in total. The van der Waals surface area contributed by atoms with Crippen molar-refractivity contribution in [3.05, 3.63) is 58.4 Å². The number of carbonyl (C=O) groups is 1. The molecule has 0 spiro atoms. The maximum absolute atomic E-state index is 14.2. The van der Waals surface area contributed by atoms with Crippen molar-refractivity contribution in [2.45, 2.75) is 31.0 Å². The Bertz CT molecular complexity index is 953. The van der Waals surface area contributed by atoms with Gasteiger partial charge in [0.15, 0.2) is 11.6 Å². The van der Waals surface area contributed by atoms with Gasteiger partial charge in [-0.05, 0) is 48.7 Å². The Morgan fingerprint density at radius 2 is 1.90 bits per heavy atom. The van der Waals surface area contributed by atoms with E-state index in [9.17, 15) is 28.2 Å². The van der Waals surface area contributed by atoms with Gasteiger partial charge < -0.3 is 25.0 Å². The van der Waals surface area contributed by atoms with E-state index in [0.717, 1.165) is 24.3 Å². The molecule has 0 aliphatic carbocycles. The summed E-state index contributed by atoms with van der Waals surface area (Å²) < 4.78 is 47.5. The highest BCUT2D eigenvalue weighted by molar-refractivity contribution is 6.30. The molecule has 1 saturated heterocycles. The molecule has 0 amide bonds. The number of aliphatic hydroxyl groups excluding tert-OH is 1. The Kier molecular flexibility index (Phi) is 6.98. The van der Waals surface area contributed by atoms with E-state index in [1.165, 1.54) is 11.0 Å². The van der Waals surface area contributed by atoms with Crippen LogP contribution in [0.2, 0.25) is 5.02 Å². The lowest BCUT2D eigenvalue weighted by molar-refractivity contribution is -0.136. The number of hydrogen-bond acceptors (Lipinski definition) is 5. The Labute approximate surface area is 181 Å². The van der Waals surface area contributed by atoms with Gasteiger partial charge in [-0.2, -0.15) is 0 Å². The van der Waals surface area contributed by atoms with E-state index < -0.39 is 35.1 Å². The standard InChI is InChI=1S/C21H21ClF3NO5/c22-13-8-15(24)20(16(25)9-13)26-6-5-21(30,18(27)10-26)11-31-17-3-2-14(23)7-12(17)1-4-19(28)29/h2-3,7-9,18,27,30H,1,4-6,10-11H2,(H,28,29)/t18-,21-/m1/s1. The molecule has 2 atom stereocenters. The topological polar surface area (TPSA) is 90.2 Å². The van der Waals surface area contributed by atoms with E-state index in [-0.39, 0.29) is 55.4 Å². The van der Waals surface area contributed by atoms with Gasteiger partial charge in [0, 0.05) is 24.5 Å². The van der Waals surface area contributed by atoms with Crippen LogP contribution in [0.3, 0.4) is 0 Å². The molecule has 10 heteroatoms. The Hall–Kier alpha value is -2.49. The molecule has 1 aliphatic rings. The first-order valence-electron chi connectivity index (χ1n) is 9.52. The summed E-state index contributed by atoms with van der Waals surface area (Å²) in [6.45, 7) is -0.606. The van der Waals surface area contributed by atoms with Crippen LogP contribution in [0.5, 0.6) is 5.75 Å². The molecule has 0 bridgehead atoms. The van der Waals surface area contributed by atoms with E-state index in [2.05, 4.69) is 0 Å². The van der Waals surface area contributed by atoms with Crippen LogP contribution in [-0.2, 0) is 11.2 Å². The first-order chi connectivity index (χ1) is 14.6. The van der Waals surface area contributed by atoms with E-state index >= 15 is 0 Å². The summed E-state index contributed by atoms with van der Waals surface area (Å²) in [5.74, 6) is -3.20. The number of anilines is 1. The number of ether oxygens (including phenoxy) is 1. The van der Waals surface area contributed by atoms with Crippen molar-refractivity contribution < 1.29 is 38.0 Å². The van der Waals surface area contributed by atoms with Crippen molar-refractivity contribution >= 4 is 23.3 Å². The first-order valence-corrected chi connectivity index (χ1v) is 9.90. The van der Waals surface area contributed by atoms with E-state index in [0.29, 0.717) is 5.56 Å². The van der Waals surface area contributed by atoms with Crippen LogP contribution in [0.15, 0.2) is 30.3 Å². The number of aliphatic carboxylic acids is 1. The summed E-state index contributed by atoms with van der Waals surface area (Å²) in [7, 11) is 0. The van der Waals surface area contributed by atoms with Gasteiger partial charge in [-0.1, -0.05) is 11.6 Å². The lowest BCUT2D eigenvalue weighted by atomic mass is 9.89. The normalized spacial score (nSPS) is 21.2. The molecule has 31 heavy (non-hydrogen) atoms. The van der Waals surface area contributed by atoms with Crippen LogP contribution in [0.1, 0.15) is 18.4 Å². The summed E-state index contributed by atoms with van der Waals surface area (Å²) >= 11 is 5.64. The Morgan fingerprint density at radius 3 is 2.52 bits per heavy atom. The molecule has 0 radical (unpaired) electrons. The smallest absolute Gasteiger partial charge is 0.303 e. The third-order valence-electron chi connectivity index (χ3n) is 5.23. The lowest BCUT2D eigenvalue weighted by Crippen LogP contribution is -2.58. The van der Waals surface area contributed by atoms with Crippen molar-refractivity contribution in [2.24, 2.45) is 0 Å². The molecule has 0 aromatic heterocycles. The van der Waals surface area contributed by atoms with Gasteiger partial charge in [0.1, 0.15) is 35.6 Å². The van der Waals surface area contributed by atoms with Crippen molar-refractivity contribution in [3.8, 4) is 5.75 Å². The number of nitrogens with zero attached hydrogens (tertiary/aromatic N) is 1. The number of rotatable bonds is 7. The third kappa shape index (κ3) is 5.41. The Balaban J connectivity index is 1.70. The summed E-state index contributed by atoms with van der Waals surface area (Å²) in [5, 5.41) is 30.1. The van der Waals surface area contributed by atoms with Gasteiger partial charge in [0.25, 0.3) is 0 Å². The van der Waals surface area contributed by atoms with Crippen LogP contribution in [0, 0.1) is 17.5 Å². The fraction of sp³-hybridized carbons (Fsp3) is 0.381. The highest BCUT2D eigenvalue weighted by Crippen LogP contribution is 2.33. The molecule has 1 fully saturated rings. The molecule has 2 aromatic carbocycles. The molecule has 3 rings (SSSR count). The zero-order valence-electron chi connectivity index (χ0n) is 16.3. The van der Waals surface area contributed by atoms with Gasteiger partial charge in [0.05, 0.1) is 0 Å². The molecular weight excluding hydrogens is 439 g/mol. The number of aryl methyl sites for hydroxylation is 1. The molecule has 2 aromatic rings. The second-order valence-electron chi connectivity index (χ2n) is 7.47. The largest absolute Gasteiger partial charge is 0.490 e. The second kappa shape index (κ2) is 9.33. The van der Waals surface area contributed by atoms with Crippen LogP contribution in [-0.4, -0.2) is 52.7 Å². The minimum absolute atomic E-state index is 0.0201.